The summed E-state index contributed by atoms with van der Waals surface area (Å²) in [5, 5.41) is 23.6. The Labute approximate surface area is 120 Å². The first-order valence-corrected chi connectivity index (χ1v) is 6.90. The summed E-state index contributed by atoms with van der Waals surface area (Å²) in [4.78, 5) is 10.1. The third-order valence-corrected chi connectivity index (χ3v) is 2.97. The zero-order chi connectivity index (χ0) is 15.2. The van der Waals surface area contributed by atoms with Gasteiger partial charge >= 0.3 is 0 Å². The highest BCUT2D eigenvalue weighted by Crippen LogP contribution is 2.20. The molecule has 0 fully saturated rings. The van der Waals surface area contributed by atoms with Crippen LogP contribution in [0.1, 0.15) is 32.8 Å². The summed E-state index contributed by atoms with van der Waals surface area (Å²) in [7, 11) is 0. The van der Waals surface area contributed by atoms with Crippen molar-refractivity contribution in [3.8, 4) is 0 Å². The summed E-state index contributed by atoms with van der Waals surface area (Å²) in [5.74, 6) is 0. The zero-order valence-electron chi connectivity index (χ0n) is 12.4. The lowest BCUT2D eigenvalue weighted by Gasteiger charge is -2.22. The topological polar surface area (TPSA) is 75.4 Å². The van der Waals surface area contributed by atoms with Crippen molar-refractivity contribution in [3.05, 3.63) is 39.9 Å². The highest BCUT2D eigenvalue weighted by atomic mass is 16.6. The Morgan fingerprint density at radius 1 is 1.30 bits per heavy atom. The van der Waals surface area contributed by atoms with E-state index in [1.165, 1.54) is 12.1 Å². The van der Waals surface area contributed by atoms with Gasteiger partial charge in [0.05, 0.1) is 11.0 Å². The van der Waals surface area contributed by atoms with E-state index >= 15 is 0 Å². The molecule has 5 nitrogen and oxygen atoms in total. The van der Waals surface area contributed by atoms with Gasteiger partial charge in [-0.25, -0.2) is 0 Å². The number of hydrogen-bond acceptors (Lipinski definition) is 4. The summed E-state index contributed by atoms with van der Waals surface area (Å²) in [6.07, 6.45) is 1.21. The number of benzene rings is 1. The van der Waals surface area contributed by atoms with Crippen molar-refractivity contribution in [2.24, 2.45) is 5.41 Å². The van der Waals surface area contributed by atoms with Crippen molar-refractivity contribution in [2.45, 2.75) is 39.7 Å². The summed E-state index contributed by atoms with van der Waals surface area (Å²) in [6, 6.07) is 6.57. The normalized spacial score (nSPS) is 13.2. The molecule has 1 aromatic carbocycles. The molecule has 0 aliphatic carbocycles. The first kappa shape index (κ1) is 16.6. The lowest BCUT2D eigenvalue weighted by molar-refractivity contribution is -0.384. The third-order valence-electron chi connectivity index (χ3n) is 2.97. The number of nitrogens with one attached hydrogen (secondary N) is 1. The molecule has 5 heteroatoms. The number of nitro benzene ring substituents is 1. The minimum absolute atomic E-state index is 0.113. The standard InChI is InChI=1S/C15H24N2O3/c1-15(2,3)10-14(18)11-16-9-8-12-4-6-13(7-5-12)17(19)20/h4-7,14,16,18H,8-11H2,1-3H3. The molecule has 0 saturated heterocycles. The third kappa shape index (κ3) is 6.63. The smallest absolute Gasteiger partial charge is 0.269 e. The van der Waals surface area contributed by atoms with Crippen molar-refractivity contribution in [1.29, 1.82) is 0 Å². The highest BCUT2D eigenvalue weighted by molar-refractivity contribution is 5.32. The van der Waals surface area contributed by atoms with Crippen LogP contribution in [0.25, 0.3) is 0 Å². The largest absolute Gasteiger partial charge is 0.392 e. The number of hydrogen-bond donors (Lipinski definition) is 2. The summed E-state index contributed by atoms with van der Waals surface area (Å²) < 4.78 is 0. The van der Waals surface area contributed by atoms with Crippen molar-refractivity contribution in [1.82, 2.24) is 5.32 Å². The second kappa shape index (κ2) is 7.36. The second-order valence-corrected chi connectivity index (χ2v) is 6.30. The van der Waals surface area contributed by atoms with Gasteiger partial charge in [-0.3, -0.25) is 10.1 Å². The van der Waals surface area contributed by atoms with Crippen LogP contribution in [0.15, 0.2) is 24.3 Å². The molecule has 1 rings (SSSR count). The van der Waals surface area contributed by atoms with Crippen LogP contribution in [0.3, 0.4) is 0 Å². The fraction of sp³-hybridized carbons (Fsp3) is 0.600. The van der Waals surface area contributed by atoms with Crippen LogP contribution in [0.4, 0.5) is 5.69 Å². The SMILES string of the molecule is CC(C)(C)CC(O)CNCCc1ccc([N+](=O)[O-])cc1. The van der Waals surface area contributed by atoms with Gasteiger partial charge in [0, 0.05) is 18.7 Å². The van der Waals surface area contributed by atoms with Gasteiger partial charge in [-0.05, 0) is 30.4 Å². The van der Waals surface area contributed by atoms with Gasteiger partial charge in [0.1, 0.15) is 0 Å². The Kier molecular flexibility index (Phi) is 6.10. The van der Waals surface area contributed by atoms with Crippen LogP contribution in [0, 0.1) is 15.5 Å². The molecule has 112 valence electrons. The molecule has 0 aliphatic rings. The van der Waals surface area contributed by atoms with Gasteiger partial charge in [-0.15, -0.1) is 0 Å². The molecule has 20 heavy (non-hydrogen) atoms. The predicted octanol–water partition coefficient (Wildman–Crippen LogP) is 2.52. The summed E-state index contributed by atoms with van der Waals surface area (Å²) in [5.41, 5.74) is 1.29. The monoisotopic (exact) mass is 280 g/mol. The highest BCUT2D eigenvalue weighted by Gasteiger charge is 2.16. The van der Waals surface area contributed by atoms with Crippen molar-refractivity contribution >= 4 is 5.69 Å². The van der Waals surface area contributed by atoms with Crippen LogP contribution >= 0.6 is 0 Å². The van der Waals surface area contributed by atoms with Crippen LogP contribution in [-0.4, -0.2) is 29.2 Å². The van der Waals surface area contributed by atoms with E-state index in [4.69, 9.17) is 0 Å². The van der Waals surface area contributed by atoms with E-state index < -0.39 is 4.92 Å². The summed E-state index contributed by atoms with van der Waals surface area (Å²) in [6.45, 7) is 7.64. The Bertz CT molecular complexity index is 424. The number of aliphatic hydroxyl groups is 1. The lowest BCUT2D eigenvalue weighted by Crippen LogP contribution is -2.31. The minimum Gasteiger partial charge on any atom is -0.392 e. The number of nitrogens with zero attached hydrogens (tertiary/aromatic N) is 1. The van der Waals surface area contributed by atoms with Crippen molar-refractivity contribution in [3.63, 3.8) is 0 Å². The Morgan fingerprint density at radius 2 is 1.90 bits per heavy atom. The van der Waals surface area contributed by atoms with Crippen molar-refractivity contribution in [2.75, 3.05) is 13.1 Å². The first-order valence-electron chi connectivity index (χ1n) is 6.90. The van der Waals surface area contributed by atoms with E-state index in [0.29, 0.717) is 6.54 Å². The Morgan fingerprint density at radius 3 is 2.40 bits per heavy atom. The number of aliphatic hydroxyl groups excluding tert-OH is 1. The molecular formula is C15H24N2O3. The molecule has 0 spiro atoms. The van der Waals surface area contributed by atoms with Gasteiger partial charge in [-0.2, -0.15) is 0 Å². The second-order valence-electron chi connectivity index (χ2n) is 6.30. The van der Waals surface area contributed by atoms with Gasteiger partial charge in [0.2, 0.25) is 0 Å². The molecule has 0 radical (unpaired) electrons. The van der Waals surface area contributed by atoms with Gasteiger partial charge < -0.3 is 10.4 Å². The van der Waals surface area contributed by atoms with Crippen LogP contribution in [0.5, 0.6) is 0 Å². The molecule has 0 amide bonds. The molecule has 0 aromatic heterocycles. The lowest BCUT2D eigenvalue weighted by atomic mass is 9.89. The van der Waals surface area contributed by atoms with E-state index in [9.17, 15) is 15.2 Å². The molecule has 1 atom stereocenters. The molecule has 2 N–H and O–H groups in total. The van der Waals surface area contributed by atoms with E-state index in [0.717, 1.165) is 24.9 Å². The number of rotatable bonds is 7. The Hall–Kier alpha value is -1.46. The molecule has 0 heterocycles. The Balaban J connectivity index is 2.26. The predicted molar refractivity (Wildman–Crippen MR) is 79.7 cm³/mol. The zero-order valence-corrected chi connectivity index (χ0v) is 12.4. The quantitative estimate of drug-likeness (QED) is 0.457. The molecule has 1 unspecified atom stereocenters. The fourth-order valence-electron chi connectivity index (χ4n) is 2.06. The maximum Gasteiger partial charge on any atom is 0.269 e. The summed E-state index contributed by atoms with van der Waals surface area (Å²) >= 11 is 0. The molecule has 0 saturated carbocycles. The maximum atomic E-state index is 10.5. The van der Waals surface area contributed by atoms with E-state index in [2.05, 4.69) is 26.1 Å². The average molecular weight is 280 g/mol. The minimum atomic E-state index is -0.398. The van der Waals surface area contributed by atoms with Crippen molar-refractivity contribution < 1.29 is 10.0 Å². The molecule has 1 aromatic rings. The van der Waals surface area contributed by atoms with Crippen LogP contribution in [0.2, 0.25) is 0 Å². The number of non-ortho nitro benzene ring substituents is 1. The maximum absolute atomic E-state index is 10.5. The number of nitro groups is 1. The first-order chi connectivity index (χ1) is 9.28. The average Bonchev–Trinajstić information content (AvgIpc) is 2.33. The van der Waals surface area contributed by atoms with E-state index in [1.54, 1.807) is 12.1 Å². The van der Waals surface area contributed by atoms with Gasteiger partial charge in [0.15, 0.2) is 0 Å². The van der Waals surface area contributed by atoms with Crippen LogP contribution in [-0.2, 0) is 6.42 Å². The van der Waals surface area contributed by atoms with Gasteiger partial charge in [-0.1, -0.05) is 32.9 Å². The van der Waals surface area contributed by atoms with E-state index in [1.807, 2.05) is 0 Å². The molecule has 0 aliphatic heterocycles. The van der Waals surface area contributed by atoms with E-state index in [-0.39, 0.29) is 17.2 Å². The van der Waals surface area contributed by atoms with Gasteiger partial charge in [0.25, 0.3) is 5.69 Å². The fourth-order valence-corrected chi connectivity index (χ4v) is 2.06. The molecular weight excluding hydrogens is 256 g/mol. The van der Waals surface area contributed by atoms with Crippen LogP contribution < -0.4 is 5.32 Å². The molecule has 0 bridgehead atoms.